The van der Waals surface area contributed by atoms with Crippen molar-refractivity contribution in [2.24, 2.45) is 5.14 Å². The van der Waals surface area contributed by atoms with E-state index in [4.69, 9.17) is 14.6 Å². The van der Waals surface area contributed by atoms with Gasteiger partial charge in [-0.25, -0.2) is 26.7 Å². The standard InChI is InChI=1S/C21H27N3O8S2/c1-15(21(26)23-13-11-16-3-7-18(8-4-16)33(22,27)28)32-20(25)12-14-24-34(29,30)19-9-5-17(31-2)6-10-19/h3-10,15,24H,11-14H2,1-2H3,(H,23,26)(H2,22,27,28)/t15-/m1/s1. The molecule has 0 spiro atoms. The van der Waals surface area contributed by atoms with Crippen LogP contribution in [0.3, 0.4) is 0 Å². The number of hydrogen-bond acceptors (Lipinski definition) is 8. The molecular weight excluding hydrogens is 486 g/mol. The van der Waals surface area contributed by atoms with E-state index in [1.807, 2.05) is 0 Å². The van der Waals surface area contributed by atoms with E-state index in [1.165, 1.54) is 50.4 Å². The number of methoxy groups -OCH3 is 1. The third-order valence-corrected chi connectivity index (χ3v) is 7.04. The molecule has 2 rings (SSSR count). The number of sulfonamides is 2. The van der Waals surface area contributed by atoms with Crippen LogP contribution in [0.1, 0.15) is 18.9 Å². The van der Waals surface area contributed by atoms with Crippen molar-refractivity contribution in [3.63, 3.8) is 0 Å². The Morgan fingerprint density at radius 3 is 2.09 bits per heavy atom. The Balaban J connectivity index is 1.72. The lowest BCUT2D eigenvalue weighted by atomic mass is 10.1. The zero-order valence-corrected chi connectivity index (χ0v) is 20.3. The summed E-state index contributed by atoms with van der Waals surface area (Å²) in [6, 6.07) is 11.7. The number of hydrogen-bond donors (Lipinski definition) is 3. The number of esters is 1. The lowest BCUT2D eigenvalue weighted by molar-refractivity contribution is -0.154. The van der Waals surface area contributed by atoms with Crippen molar-refractivity contribution >= 4 is 31.9 Å². The van der Waals surface area contributed by atoms with E-state index < -0.39 is 38.0 Å². The lowest BCUT2D eigenvalue weighted by Crippen LogP contribution is -2.37. The molecule has 34 heavy (non-hydrogen) atoms. The van der Waals surface area contributed by atoms with Crippen LogP contribution in [0.25, 0.3) is 0 Å². The van der Waals surface area contributed by atoms with Gasteiger partial charge in [-0.2, -0.15) is 0 Å². The van der Waals surface area contributed by atoms with Crippen molar-refractivity contribution in [1.82, 2.24) is 10.0 Å². The van der Waals surface area contributed by atoms with Crippen molar-refractivity contribution in [3.05, 3.63) is 54.1 Å². The SMILES string of the molecule is COc1ccc(S(=O)(=O)NCCC(=O)O[C@H](C)C(=O)NCCc2ccc(S(N)(=O)=O)cc2)cc1. The highest BCUT2D eigenvalue weighted by Crippen LogP contribution is 2.15. The van der Waals surface area contributed by atoms with E-state index >= 15 is 0 Å². The Hall–Kier alpha value is -3.00. The quantitative estimate of drug-likeness (QED) is 0.340. The number of ether oxygens (including phenoxy) is 2. The molecule has 4 N–H and O–H groups in total. The van der Waals surface area contributed by atoms with Crippen molar-refractivity contribution in [3.8, 4) is 5.75 Å². The third-order valence-electron chi connectivity index (χ3n) is 4.63. The molecule has 0 radical (unpaired) electrons. The molecule has 0 fully saturated rings. The largest absolute Gasteiger partial charge is 0.497 e. The molecule has 0 aromatic heterocycles. The van der Waals surface area contributed by atoms with E-state index in [0.717, 1.165) is 5.56 Å². The summed E-state index contributed by atoms with van der Waals surface area (Å²) >= 11 is 0. The number of primary sulfonamides is 1. The Morgan fingerprint density at radius 2 is 1.53 bits per heavy atom. The first-order chi connectivity index (χ1) is 15.9. The predicted octanol–water partition coefficient (Wildman–Crippen LogP) is 0.302. The highest BCUT2D eigenvalue weighted by Gasteiger charge is 2.19. The fraction of sp³-hybridized carbons (Fsp3) is 0.333. The second-order valence-electron chi connectivity index (χ2n) is 7.19. The molecule has 0 bridgehead atoms. The van der Waals surface area contributed by atoms with Gasteiger partial charge >= 0.3 is 5.97 Å². The maximum Gasteiger partial charge on any atom is 0.307 e. The Morgan fingerprint density at radius 1 is 0.941 bits per heavy atom. The molecule has 1 amide bonds. The van der Waals surface area contributed by atoms with E-state index in [0.29, 0.717) is 12.2 Å². The van der Waals surface area contributed by atoms with Crippen LogP contribution in [-0.4, -0.2) is 55.0 Å². The van der Waals surface area contributed by atoms with Crippen molar-refractivity contribution in [2.45, 2.75) is 35.7 Å². The van der Waals surface area contributed by atoms with Gasteiger partial charge < -0.3 is 14.8 Å². The summed E-state index contributed by atoms with van der Waals surface area (Å²) in [6.45, 7) is 1.43. The van der Waals surface area contributed by atoms with E-state index in [1.54, 1.807) is 12.1 Å². The van der Waals surface area contributed by atoms with Crippen LogP contribution >= 0.6 is 0 Å². The second-order valence-corrected chi connectivity index (χ2v) is 10.5. The molecule has 13 heteroatoms. The summed E-state index contributed by atoms with van der Waals surface area (Å²) in [7, 11) is -6.11. The number of benzene rings is 2. The summed E-state index contributed by atoms with van der Waals surface area (Å²) in [5, 5.41) is 7.66. The molecule has 0 aliphatic rings. The van der Waals surface area contributed by atoms with Crippen molar-refractivity contribution in [2.75, 3.05) is 20.2 Å². The Bertz CT molecular complexity index is 1200. The molecular formula is C21H27N3O8S2. The summed E-state index contributed by atoms with van der Waals surface area (Å²) < 4.78 is 59.3. The summed E-state index contributed by atoms with van der Waals surface area (Å²) in [5.74, 6) is -0.748. The van der Waals surface area contributed by atoms with Gasteiger partial charge in [0.2, 0.25) is 20.0 Å². The molecule has 0 saturated carbocycles. The van der Waals surface area contributed by atoms with Crippen molar-refractivity contribution < 1.29 is 35.9 Å². The van der Waals surface area contributed by atoms with Gasteiger partial charge in [0.15, 0.2) is 6.10 Å². The fourth-order valence-electron chi connectivity index (χ4n) is 2.75. The number of rotatable bonds is 12. The van der Waals surface area contributed by atoms with Crippen LogP contribution in [0, 0.1) is 0 Å². The molecule has 0 saturated heterocycles. The predicted molar refractivity (Wildman–Crippen MR) is 123 cm³/mol. The van der Waals surface area contributed by atoms with Crippen molar-refractivity contribution in [1.29, 1.82) is 0 Å². The lowest BCUT2D eigenvalue weighted by Gasteiger charge is -2.14. The van der Waals surface area contributed by atoms with Gasteiger partial charge in [0.05, 0.1) is 23.3 Å². The zero-order chi connectivity index (χ0) is 25.4. The first-order valence-electron chi connectivity index (χ1n) is 10.1. The maximum absolute atomic E-state index is 12.2. The summed E-state index contributed by atoms with van der Waals surface area (Å²) in [5.41, 5.74) is 0.779. The molecule has 0 aliphatic carbocycles. The number of carbonyl (C=O) groups excluding carboxylic acids is 2. The fourth-order valence-corrected chi connectivity index (χ4v) is 4.30. The number of nitrogens with one attached hydrogen (secondary N) is 2. The van der Waals surface area contributed by atoms with Gasteiger partial charge in [-0.3, -0.25) is 9.59 Å². The van der Waals surface area contributed by atoms with Crippen LogP contribution in [0.5, 0.6) is 5.75 Å². The molecule has 186 valence electrons. The molecule has 0 unspecified atom stereocenters. The first-order valence-corrected chi connectivity index (χ1v) is 13.2. The van der Waals surface area contributed by atoms with E-state index in [9.17, 15) is 26.4 Å². The average Bonchev–Trinajstić information content (AvgIpc) is 2.78. The monoisotopic (exact) mass is 513 g/mol. The van der Waals surface area contributed by atoms with E-state index in [2.05, 4.69) is 10.0 Å². The minimum atomic E-state index is -3.81. The van der Waals surface area contributed by atoms with Gasteiger partial charge in [-0.15, -0.1) is 0 Å². The Labute approximate surface area is 198 Å². The average molecular weight is 514 g/mol. The Kier molecular flexibility index (Phi) is 9.55. The smallest absolute Gasteiger partial charge is 0.307 e. The first kappa shape index (κ1) is 27.2. The molecule has 1 atom stereocenters. The molecule has 11 nitrogen and oxygen atoms in total. The zero-order valence-electron chi connectivity index (χ0n) is 18.7. The normalized spacial score (nSPS) is 12.6. The number of amides is 1. The number of nitrogens with two attached hydrogens (primary N) is 1. The van der Waals surface area contributed by atoms with E-state index in [-0.39, 0.29) is 29.3 Å². The van der Waals surface area contributed by atoms with Gasteiger partial charge in [0.25, 0.3) is 5.91 Å². The van der Waals surface area contributed by atoms with Crippen LogP contribution in [0.4, 0.5) is 0 Å². The van der Waals surface area contributed by atoms with Gasteiger partial charge in [-0.05, 0) is 55.3 Å². The minimum Gasteiger partial charge on any atom is -0.497 e. The molecule has 0 heterocycles. The van der Waals surface area contributed by atoms with Gasteiger partial charge in [0.1, 0.15) is 5.75 Å². The summed E-state index contributed by atoms with van der Waals surface area (Å²) in [4.78, 5) is 24.1. The topological polar surface area (TPSA) is 171 Å². The molecule has 0 aliphatic heterocycles. The third kappa shape index (κ3) is 8.41. The highest BCUT2D eigenvalue weighted by molar-refractivity contribution is 7.89. The molecule has 2 aromatic carbocycles. The van der Waals surface area contributed by atoms with Crippen LogP contribution < -0.4 is 19.9 Å². The highest BCUT2D eigenvalue weighted by atomic mass is 32.2. The number of carbonyl (C=O) groups is 2. The second kappa shape index (κ2) is 11.9. The van der Waals surface area contributed by atoms with Crippen LogP contribution in [0.15, 0.2) is 58.3 Å². The van der Waals surface area contributed by atoms with Gasteiger partial charge in [-0.1, -0.05) is 12.1 Å². The summed E-state index contributed by atoms with van der Waals surface area (Å²) in [6.07, 6.45) is -0.913. The molecule has 2 aromatic rings. The minimum absolute atomic E-state index is 0.00731. The van der Waals surface area contributed by atoms with Crippen LogP contribution in [0.2, 0.25) is 0 Å². The maximum atomic E-state index is 12.2. The van der Waals surface area contributed by atoms with Crippen LogP contribution in [-0.2, 0) is 40.8 Å². The van der Waals surface area contributed by atoms with Gasteiger partial charge in [0, 0.05) is 13.1 Å².